The van der Waals surface area contributed by atoms with Crippen LogP contribution in [0.15, 0.2) is 30.3 Å². The van der Waals surface area contributed by atoms with Crippen LogP contribution in [0.2, 0.25) is 0 Å². The molecule has 0 radical (unpaired) electrons. The van der Waals surface area contributed by atoms with Crippen molar-refractivity contribution in [1.29, 1.82) is 0 Å². The molecule has 0 aliphatic carbocycles. The Bertz CT molecular complexity index is 383. The third-order valence-corrected chi connectivity index (χ3v) is 3.83. The fraction of sp³-hybridized carbons (Fsp3) is 0.533. The van der Waals surface area contributed by atoms with E-state index in [9.17, 15) is 4.79 Å². The molecule has 1 aromatic rings. The summed E-state index contributed by atoms with van der Waals surface area (Å²) in [6.45, 7) is 2.18. The number of benzene rings is 1. The standard InChI is InChI=1S/C15H22N2O/c1-16-10-8-14(9-11-16)17(2)15(18)12-13-6-4-3-5-7-13/h3-7,14H,8-12H2,1-2H3. The Balaban J connectivity index is 1.89. The van der Waals surface area contributed by atoms with Gasteiger partial charge in [0.25, 0.3) is 0 Å². The fourth-order valence-corrected chi connectivity index (χ4v) is 2.48. The molecule has 0 spiro atoms. The number of hydrogen-bond acceptors (Lipinski definition) is 2. The lowest BCUT2D eigenvalue weighted by molar-refractivity contribution is -0.132. The van der Waals surface area contributed by atoms with Crippen molar-refractivity contribution in [2.45, 2.75) is 25.3 Å². The van der Waals surface area contributed by atoms with Gasteiger partial charge in [-0.15, -0.1) is 0 Å². The summed E-state index contributed by atoms with van der Waals surface area (Å²) in [6.07, 6.45) is 2.70. The van der Waals surface area contributed by atoms with Gasteiger partial charge in [-0.2, -0.15) is 0 Å². The largest absolute Gasteiger partial charge is 0.342 e. The summed E-state index contributed by atoms with van der Waals surface area (Å²) in [4.78, 5) is 16.5. The van der Waals surface area contributed by atoms with Crippen molar-refractivity contribution in [2.75, 3.05) is 27.2 Å². The van der Waals surface area contributed by atoms with E-state index in [1.165, 1.54) is 0 Å². The molecule has 1 aliphatic rings. The Morgan fingerprint density at radius 1 is 1.28 bits per heavy atom. The quantitative estimate of drug-likeness (QED) is 0.811. The lowest BCUT2D eigenvalue weighted by Gasteiger charge is -2.35. The first-order valence-electron chi connectivity index (χ1n) is 6.65. The first kappa shape index (κ1) is 13.1. The van der Waals surface area contributed by atoms with Crippen LogP contribution in [0, 0.1) is 0 Å². The van der Waals surface area contributed by atoms with Crippen LogP contribution in [0.4, 0.5) is 0 Å². The monoisotopic (exact) mass is 246 g/mol. The van der Waals surface area contributed by atoms with E-state index in [1.54, 1.807) is 0 Å². The van der Waals surface area contributed by atoms with Gasteiger partial charge in [0.15, 0.2) is 0 Å². The summed E-state index contributed by atoms with van der Waals surface area (Å²) in [5.41, 5.74) is 1.10. The van der Waals surface area contributed by atoms with E-state index in [0.29, 0.717) is 12.5 Å². The summed E-state index contributed by atoms with van der Waals surface area (Å²) in [7, 11) is 4.09. The van der Waals surface area contributed by atoms with Gasteiger partial charge in [0.1, 0.15) is 0 Å². The highest BCUT2D eigenvalue weighted by Gasteiger charge is 2.23. The lowest BCUT2D eigenvalue weighted by atomic mass is 10.0. The SMILES string of the molecule is CN1CCC(N(C)C(=O)Cc2ccccc2)CC1. The molecule has 2 rings (SSSR count). The summed E-state index contributed by atoms with van der Waals surface area (Å²) in [6, 6.07) is 10.4. The predicted molar refractivity (Wildman–Crippen MR) is 73.4 cm³/mol. The highest BCUT2D eigenvalue weighted by atomic mass is 16.2. The van der Waals surface area contributed by atoms with Gasteiger partial charge < -0.3 is 9.80 Å². The van der Waals surface area contributed by atoms with Crippen molar-refractivity contribution in [3.05, 3.63) is 35.9 Å². The van der Waals surface area contributed by atoms with Gasteiger partial charge in [-0.25, -0.2) is 0 Å². The zero-order valence-corrected chi connectivity index (χ0v) is 11.3. The zero-order valence-electron chi connectivity index (χ0n) is 11.3. The number of likely N-dealkylation sites (tertiary alicyclic amines) is 1. The van der Waals surface area contributed by atoms with Crippen molar-refractivity contribution in [1.82, 2.24) is 9.80 Å². The van der Waals surface area contributed by atoms with Crippen molar-refractivity contribution in [3.63, 3.8) is 0 Å². The Morgan fingerprint density at radius 3 is 2.50 bits per heavy atom. The summed E-state index contributed by atoms with van der Waals surface area (Å²) >= 11 is 0. The zero-order chi connectivity index (χ0) is 13.0. The number of likely N-dealkylation sites (N-methyl/N-ethyl adjacent to an activating group) is 1. The Labute approximate surface area is 109 Å². The molecular formula is C15H22N2O. The van der Waals surface area contributed by atoms with Gasteiger partial charge in [-0.3, -0.25) is 4.79 Å². The fourth-order valence-electron chi connectivity index (χ4n) is 2.48. The normalized spacial score (nSPS) is 17.7. The molecule has 0 N–H and O–H groups in total. The first-order valence-corrected chi connectivity index (χ1v) is 6.65. The summed E-state index contributed by atoms with van der Waals surface area (Å²) < 4.78 is 0. The van der Waals surface area contributed by atoms with Crippen LogP contribution in [0.1, 0.15) is 18.4 Å². The molecule has 0 aromatic heterocycles. The van der Waals surface area contributed by atoms with Gasteiger partial charge in [0, 0.05) is 13.1 Å². The van der Waals surface area contributed by atoms with Crippen molar-refractivity contribution >= 4 is 5.91 Å². The highest BCUT2D eigenvalue weighted by Crippen LogP contribution is 2.15. The number of rotatable bonds is 3. The topological polar surface area (TPSA) is 23.6 Å². The van der Waals surface area contributed by atoms with E-state index < -0.39 is 0 Å². The van der Waals surface area contributed by atoms with E-state index in [-0.39, 0.29) is 5.91 Å². The maximum Gasteiger partial charge on any atom is 0.226 e. The number of carbonyl (C=O) groups is 1. The minimum atomic E-state index is 0.232. The first-order chi connectivity index (χ1) is 8.66. The van der Waals surface area contributed by atoms with Gasteiger partial charge in [0.05, 0.1) is 6.42 Å². The molecule has 1 heterocycles. The third kappa shape index (κ3) is 3.33. The Hall–Kier alpha value is -1.35. The van der Waals surface area contributed by atoms with Gasteiger partial charge in [0.2, 0.25) is 5.91 Å². The summed E-state index contributed by atoms with van der Waals surface area (Å²) in [5, 5.41) is 0. The molecule has 3 nitrogen and oxygen atoms in total. The van der Waals surface area contributed by atoms with E-state index >= 15 is 0 Å². The van der Waals surface area contributed by atoms with E-state index in [1.807, 2.05) is 42.3 Å². The predicted octanol–water partition coefficient (Wildman–Crippen LogP) is 1.78. The molecule has 1 amide bonds. The van der Waals surface area contributed by atoms with Crippen LogP contribution >= 0.6 is 0 Å². The summed E-state index contributed by atoms with van der Waals surface area (Å²) in [5.74, 6) is 0.232. The van der Waals surface area contributed by atoms with Gasteiger partial charge in [-0.05, 0) is 38.5 Å². The lowest BCUT2D eigenvalue weighted by Crippen LogP contribution is -2.44. The maximum atomic E-state index is 12.2. The Morgan fingerprint density at radius 2 is 1.89 bits per heavy atom. The third-order valence-electron chi connectivity index (χ3n) is 3.83. The number of piperidine rings is 1. The van der Waals surface area contributed by atoms with E-state index in [4.69, 9.17) is 0 Å². The average Bonchev–Trinajstić information content (AvgIpc) is 2.40. The van der Waals surface area contributed by atoms with Crippen LogP contribution < -0.4 is 0 Å². The minimum Gasteiger partial charge on any atom is -0.342 e. The molecule has 18 heavy (non-hydrogen) atoms. The van der Waals surface area contributed by atoms with Crippen LogP contribution in [-0.4, -0.2) is 48.9 Å². The molecule has 0 atom stereocenters. The average molecular weight is 246 g/mol. The number of nitrogens with zero attached hydrogens (tertiary/aromatic N) is 2. The molecule has 3 heteroatoms. The number of carbonyl (C=O) groups excluding carboxylic acids is 1. The van der Waals surface area contributed by atoms with Crippen molar-refractivity contribution in [3.8, 4) is 0 Å². The van der Waals surface area contributed by atoms with E-state index in [0.717, 1.165) is 31.5 Å². The molecule has 1 fully saturated rings. The van der Waals surface area contributed by atoms with Crippen molar-refractivity contribution < 1.29 is 4.79 Å². The Kier molecular flexibility index (Phi) is 4.37. The molecule has 1 aromatic carbocycles. The second kappa shape index (κ2) is 6.01. The molecule has 0 unspecified atom stereocenters. The van der Waals surface area contributed by atoms with Crippen LogP contribution in [0.25, 0.3) is 0 Å². The van der Waals surface area contributed by atoms with Gasteiger partial charge in [-0.1, -0.05) is 30.3 Å². The molecule has 1 saturated heterocycles. The second-order valence-corrected chi connectivity index (χ2v) is 5.20. The second-order valence-electron chi connectivity index (χ2n) is 5.20. The van der Waals surface area contributed by atoms with Gasteiger partial charge >= 0.3 is 0 Å². The molecule has 98 valence electrons. The molecule has 0 bridgehead atoms. The maximum absolute atomic E-state index is 12.2. The van der Waals surface area contributed by atoms with Crippen LogP contribution in [-0.2, 0) is 11.2 Å². The van der Waals surface area contributed by atoms with Crippen molar-refractivity contribution in [2.24, 2.45) is 0 Å². The highest BCUT2D eigenvalue weighted by molar-refractivity contribution is 5.78. The number of hydrogen-bond donors (Lipinski definition) is 0. The van der Waals surface area contributed by atoms with E-state index in [2.05, 4.69) is 11.9 Å². The molecule has 0 saturated carbocycles. The van der Waals surface area contributed by atoms with Crippen LogP contribution in [0.3, 0.4) is 0 Å². The number of amides is 1. The molecular weight excluding hydrogens is 224 g/mol. The smallest absolute Gasteiger partial charge is 0.226 e. The molecule has 1 aliphatic heterocycles. The minimum absolute atomic E-state index is 0.232. The van der Waals surface area contributed by atoms with Crippen LogP contribution in [0.5, 0.6) is 0 Å².